The summed E-state index contributed by atoms with van der Waals surface area (Å²) in [4.78, 5) is 43.5. The SMILES string of the molecule is CC(C)(C)OP(=O)(O)OP(=O)(O)OP(=O)(O)OP(=O)(O)O. The van der Waals surface area contributed by atoms with Crippen LogP contribution in [0.5, 0.6) is 0 Å². The summed E-state index contributed by atoms with van der Waals surface area (Å²) in [6, 6.07) is 0. The first kappa shape index (κ1) is 21.6. The highest BCUT2D eigenvalue weighted by atomic mass is 31.3. The van der Waals surface area contributed by atoms with E-state index in [1.165, 1.54) is 20.8 Å². The van der Waals surface area contributed by atoms with Gasteiger partial charge in [0.05, 0.1) is 5.60 Å². The zero-order valence-electron chi connectivity index (χ0n) is 10.8. The summed E-state index contributed by atoms with van der Waals surface area (Å²) in [5, 5.41) is 0. The lowest BCUT2D eigenvalue weighted by molar-refractivity contribution is 0.0787. The van der Waals surface area contributed by atoms with Crippen molar-refractivity contribution >= 4 is 31.3 Å². The van der Waals surface area contributed by atoms with Crippen LogP contribution in [0.2, 0.25) is 0 Å². The molecule has 0 saturated carbocycles. The number of hydrogen-bond acceptors (Lipinski definition) is 8. The molecule has 0 radical (unpaired) electrons. The van der Waals surface area contributed by atoms with E-state index in [1.54, 1.807) is 0 Å². The standard InChI is InChI=1S/C4H14O13P4/c1-4(2,3)14-19(8,9)16-21(12,13)17-20(10,11)15-18(5,6)7/h1-3H3,(H,8,9)(H,10,11)(H,12,13)(H2,5,6,7). The highest BCUT2D eigenvalue weighted by Crippen LogP contribution is 2.71. The molecule has 0 fully saturated rings. The monoisotopic (exact) mass is 394 g/mol. The van der Waals surface area contributed by atoms with E-state index in [0.717, 1.165) is 0 Å². The van der Waals surface area contributed by atoms with Gasteiger partial charge in [0.2, 0.25) is 0 Å². The van der Waals surface area contributed by atoms with Crippen molar-refractivity contribution in [2.45, 2.75) is 26.4 Å². The molecule has 128 valence electrons. The Morgan fingerprint density at radius 1 is 0.667 bits per heavy atom. The van der Waals surface area contributed by atoms with Crippen LogP contribution in [0.4, 0.5) is 0 Å². The zero-order chi connectivity index (χ0) is 17.3. The second-order valence-electron chi connectivity index (χ2n) is 4.34. The van der Waals surface area contributed by atoms with E-state index in [0.29, 0.717) is 0 Å². The fraction of sp³-hybridized carbons (Fsp3) is 1.00. The smallest absolute Gasteiger partial charge is 0.302 e. The molecule has 0 rings (SSSR count). The van der Waals surface area contributed by atoms with Crippen molar-refractivity contribution in [1.29, 1.82) is 0 Å². The summed E-state index contributed by atoms with van der Waals surface area (Å²) in [5.74, 6) is 0. The Morgan fingerprint density at radius 2 is 1.00 bits per heavy atom. The van der Waals surface area contributed by atoms with Crippen molar-refractivity contribution < 1.29 is 60.2 Å². The van der Waals surface area contributed by atoms with Gasteiger partial charge in [-0.3, -0.25) is 4.52 Å². The fourth-order valence-corrected chi connectivity index (χ4v) is 5.55. The summed E-state index contributed by atoms with van der Waals surface area (Å²) < 4.78 is 58.6. The molecule has 0 aromatic rings. The minimum absolute atomic E-state index is 1.29. The zero-order valence-corrected chi connectivity index (χ0v) is 14.4. The van der Waals surface area contributed by atoms with Gasteiger partial charge in [0.1, 0.15) is 0 Å². The van der Waals surface area contributed by atoms with Crippen LogP contribution in [0.25, 0.3) is 0 Å². The number of hydrogen-bond donors (Lipinski definition) is 5. The van der Waals surface area contributed by atoms with Crippen molar-refractivity contribution in [2.24, 2.45) is 0 Å². The van der Waals surface area contributed by atoms with Crippen LogP contribution in [-0.4, -0.2) is 30.1 Å². The third-order valence-corrected chi connectivity index (χ3v) is 6.77. The second-order valence-corrected chi connectivity index (χ2v) is 10.3. The Labute approximate surface area is 118 Å². The maximum absolute atomic E-state index is 11.3. The van der Waals surface area contributed by atoms with Gasteiger partial charge in [-0.25, -0.2) is 18.3 Å². The molecule has 3 atom stereocenters. The average Bonchev–Trinajstić information content (AvgIpc) is 1.83. The predicted molar refractivity (Wildman–Crippen MR) is 65.6 cm³/mol. The van der Waals surface area contributed by atoms with E-state index in [2.05, 4.69) is 17.5 Å². The van der Waals surface area contributed by atoms with E-state index in [4.69, 9.17) is 24.5 Å². The molecular weight excluding hydrogens is 380 g/mol. The Balaban J connectivity index is 5.01. The molecule has 0 aliphatic heterocycles. The lowest BCUT2D eigenvalue weighted by atomic mass is 10.2. The first-order valence-corrected chi connectivity index (χ1v) is 10.7. The van der Waals surface area contributed by atoms with Crippen LogP contribution < -0.4 is 0 Å². The van der Waals surface area contributed by atoms with Gasteiger partial charge in [-0.05, 0) is 20.8 Å². The van der Waals surface area contributed by atoms with Gasteiger partial charge >= 0.3 is 31.3 Å². The molecule has 5 N–H and O–H groups in total. The van der Waals surface area contributed by atoms with Gasteiger partial charge in [0.15, 0.2) is 0 Å². The maximum atomic E-state index is 11.3. The summed E-state index contributed by atoms with van der Waals surface area (Å²) in [6.07, 6.45) is 0. The quantitative estimate of drug-likeness (QED) is 0.386. The minimum Gasteiger partial charge on any atom is -0.302 e. The van der Waals surface area contributed by atoms with E-state index in [1.807, 2.05) is 0 Å². The molecule has 0 spiro atoms. The Kier molecular flexibility index (Phi) is 6.76. The van der Waals surface area contributed by atoms with Crippen molar-refractivity contribution in [3.8, 4) is 0 Å². The first-order valence-electron chi connectivity index (χ1n) is 4.71. The van der Waals surface area contributed by atoms with E-state index < -0.39 is 36.9 Å². The molecule has 0 saturated heterocycles. The van der Waals surface area contributed by atoms with Gasteiger partial charge in [-0.15, -0.1) is 0 Å². The van der Waals surface area contributed by atoms with Gasteiger partial charge in [0, 0.05) is 0 Å². The molecule has 17 heteroatoms. The second kappa shape index (κ2) is 6.59. The van der Waals surface area contributed by atoms with Gasteiger partial charge < -0.3 is 24.5 Å². The van der Waals surface area contributed by atoms with Crippen LogP contribution >= 0.6 is 31.3 Å². The Morgan fingerprint density at radius 3 is 1.33 bits per heavy atom. The normalized spacial score (nSPS) is 22.1. The number of rotatable bonds is 7. The first-order chi connectivity index (χ1) is 8.83. The van der Waals surface area contributed by atoms with Crippen molar-refractivity contribution in [3.63, 3.8) is 0 Å². The predicted octanol–water partition coefficient (Wildman–Crippen LogP) is 1.25. The molecule has 0 amide bonds. The Hall–Kier alpha value is 0.560. The molecule has 21 heavy (non-hydrogen) atoms. The minimum atomic E-state index is -5.76. The average molecular weight is 394 g/mol. The molecule has 0 aliphatic rings. The van der Waals surface area contributed by atoms with Crippen LogP contribution in [0, 0.1) is 0 Å². The van der Waals surface area contributed by atoms with Crippen molar-refractivity contribution in [3.05, 3.63) is 0 Å². The topological polar surface area (TPSA) is 206 Å². The van der Waals surface area contributed by atoms with Gasteiger partial charge in [-0.1, -0.05) is 0 Å². The molecule has 0 aromatic carbocycles. The largest absolute Gasteiger partial charge is 0.490 e. The third-order valence-electron chi connectivity index (χ3n) is 1.01. The summed E-state index contributed by atoms with van der Waals surface area (Å²) in [7, 11) is -22.2. The highest BCUT2D eigenvalue weighted by Gasteiger charge is 2.45. The Bertz CT molecular complexity index is 553. The summed E-state index contributed by atoms with van der Waals surface area (Å²) in [6.45, 7) is 3.86. The van der Waals surface area contributed by atoms with Crippen LogP contribution in [0.1, 0.15) is 20.8 Å². The van der Waals surface area contributed by atoms with E-state index >= 15 is 0 Å². The molecule has 0 aliphatic carbocycles. The molecule has 0 heterocycles. The van der Waals surface area contributed by atoms with E-state index in [9.17, 15) is 18.3 Å². The molecule has 0 aromatic heterocycles. The van der Waals surface area contributed by atoms with Gasteiger partial charge in [0.25, 0.3) is 0 Å². The van der Waals surface area contributed by atoms with Crippen LogP contribution in [0.15, 0.2) is 0 Å². The van der Waals surface area contributed by atoms with Crippen LogP contribution in [-0.2, 0) is 35.7 Å². The molecule has 0 bridgehead atoms. The van der Waals surface area contributed by atoms with E-state index in [-0.39, 0.29) is 0 Å². The van der Waals surface area contributed by atoms with Crippen molar-refractivity contribution in [2.75, 3.05) is 0 Å². The molecular formula is C4H14O13P4. The summed E-state index contributed by atoms with van der Waals surface area (Å²) in [5.41, 5.74) is -1.30. The van der Waals surface area contributed by atoms with Crippen molar-refractivity contribution in [1.82, 2.24) is 0 Å². The maximum Gasteiger partial charge on any atom is 0.490 e. The van der Waals surface area contributed by atoms with Crippen LogP contribution in [0.3, 0.4) is 0 Å². The number of phosphoric acid groups is 4. The third kappa shape index (κ3) is 11.7. The fourth-order valence-electron chi connectivity index (χ4n) is 0.788. The summed E-state index contributed by atoms with van der Waals surface area (Å²) >= 11 is 0. The number of phosphoric ester groups is 1. The lowest BCUT2D eigenvalue weighted by Crippen LogP contribution is -2.17. The van der Waals surface area contributed by atoms with Gasteiger partial charge in [-0.2, -0.15) is 12.9 Å². The molecule has 13 nitrogen and oxygen atoms in total. The highest BCUT2D eigenvalue weighted by molar-refractivity contribution is 7.69. The molecule has 3 unspecified atom stereocenters. The lowest BCUT2D eigenvalue weighted by Gasteiger charge is -2.23.